The molecule has 0 radical (unpaired) electrons. The minimum absolute atomic E-state index is 0.140. The predicted molar refractivity (Wildman–Crippen MR) is 72.7 cm³/mol. The van der Waals surface area contributed by atoms with Crippen molar-refractivity contribution in [3.8, 4) is 0 Å². The van der Waals surface area contributed by atoms with Gasteiger partial charge in [-0.2, -0.15) is 0 Å². The van der Waals surface area contributed by atoms with Crippen molar-refractivity contribution in [2.24, 2.45) is 5.41 Å². The van der Waals surface area contributed by atoms with E-state index in [1.54, 1.807) is 0 Å². The van der Waals surface area contributed by atoms with Gasteiger partial charge >= 0.3 is 0 Å². The van der Waals surface area contributed by atoms with E-state index in [0.29, 0.717) is 0 Å². The zero-order chi connectivity index (χ0) is 12.8. The van der Waals surface area contributed by atoms with Crippen molar-refractivity contribution in [1.82, 2.24) is 0 Å². The van der Waals surface area contributed by atoms with Gasteiger partial charge in [-0.1, -0.05) is 45.4 Å². The van der Waals surface area contributed by atoms with Crippen LogP contribution in [-0.4, -0.2) is 12.7 Å². The van der Waals surface area contributed by atoms with Crippen molar-refractivity contribution in [3.63, 3.8) is 0 Å². The fourth-order valence-corrected chi connectivity index (χ4v) is 1.81. The van der Waals surface area contributed by atoms with Crippen LogP contribution < -0.4 is 0 Å². The quantitative estimate of drug-likeness (QED) is 0.613. The molecule has 0 spiro atoms. The predicted octanol–water partition coefficient (Wildman–Crippen LogP) is 4.74. The maximum Gasteiger partial charge on any atom is 0.0872 e. The molecule has 1 atom stereocenters. The van der Waals surface area contributed by atoms with Crippen molar-refractivity contribution in [2.45, 2.75) is 61.0 Å². The van der Waals surface area contributed by atoms with Crippen molar-refractivity contribution in [1.29, 1.82) is 0 Å². The summed E-state index contributed by atoms with van der Waals surface area (Å²) in [7, 11) is 0. The van der Waals surface area contributed by atoms with E-state index in [0.717, 1.165) is 13.0 Å². The Balaban J connectivity index is 5.28. The number of ether oxygens (including phenoxy) is 1. The molecule has 0 bridgehead atoms. The van der Waals surface area contributed by atoms with Crippen molar-refractivity contribution >= 4 is 0 Å². The molecule has 0 aromatic heterocycles. The molecule has 0 aromatic carbocycles. The lowest BCUT2D eigenvalue weighted by Crippen LogP contribution is -2.31. The summed E-state index contributed by atoms with van der Waals surface area (Å²) in [4.78, 5) is 0. The van der Waals surface area contributed by atoms with Gasteiger partial charge in [0.05, 0.1) is 6.10 Å². The number of hydrogen-bond acceptors (Lipinski definition) is 1. The van der Waals surface area contributed by atoms with Gasteiger partial charge < -0.3 is 4.74 Å². The molecule has 0 rings (SSSR count). The summed E-state index contributed by atoms with van der Waals surface area (Å²) in [6, 6.07) is 0. The first-order chi connectivity index (χ1) is 7.38. The van der Waals surface area contributed by atoms with E-state index in [4.69, 9.17) is 4.74 Å². The van der Waals surface area contributed by atoms with Gasteiger partial charge in [-0.25, -0.2) is 0 Å². The van der Waals surface area contributed by atoms with Crippen LogP contribution in [-0.2, 0) is 4.74 Å². The first-order valence-electron chi connectivity index (χ1n) is 6.32. The van der Waals surface area contributed by atoms with E-state index in [9.17, 15) is 0 Å². The Morgan fingerprint density at radius 3 is 2.12 bits per heavy atom. The Kier molecular flexibility index (Phi) is 6.66. The van der Waals surface area contributed by atoms with E-state index >= 15 is 0 Å². The van der Waals surface area contributed by atoms with Crippen LogP contribution in [0.5, 0.6) is 0 Å². The third kappa shape index (κ3) is 4.52. The van der Waals surface area contributed by atoms with Crippen molar-refractivity contribution in [2.75, 3.05) is 6.61 Å². The Bertz CT molecular complexity index is 253. The molecule has 1 nitrogen and oxygen atoms in total. The Hall–Kier alpha value is -0.560. The molecule has 0 fully saturated rings. The molecule has 0 saturated heterocycles. The highest BCUT2D eigenvalue weighted by Gasteiger charge is 2.28. The summed E-state index contributed by atoms with van der Waals surface area (Å²) in [6.45, 7) is 16.0. The second-order valence-corrected chi connectivity index (χ2v) is 5.29. The molecule has 0 N–H and O–H groups in total. The number of rotatable bonds is 5. The SMILES string of the molecule is C/C=C\C(=C(/C)CC)C(OCC)C(C)(C)C. The van der Waals surface area contributed by atoms with Gasteiger partial charge in [-0.15, -0.1) is 0 Å². The third-order valence-electron chi connectivity index (χ3n) is 2.77. The minimum atomic E-state index is 0.140. The molecule has 0 aliphatic carbocycles. The standard InChI is InChI=1S/C15H28O/c1-8-11-13(12(4)9-2)14(16-10-3)15(5,6)7/h8,11,14H,9-10H2,1-7H3/b11-8-,13-12-. The summed E-state index contributed by atoms with van der Waals surface area (Å²) in [5.41, 5.74) is 2.91. The van der Waals surface area contributed by atoms with Crippen LogP contribution in [0.15, 0.2) is 23.3 Å². The third-order valence-corrected chi connectivity index (χ3v) is 2.77. The second kappa shape index (κ2) is 6.90. The zero-order valence-electron chi connectivity index (χ0n) is 12.1. The lowest BCUT2D eigenvalue weighted by molar-refractivity contribution is 0.0160. The summed E-state index contributed by atoms with van der Waals surface area (Å²) in [6.07, 6.45) is 5.57. The maximum atomic E-state index is 5.93. The van der Waals surface area contributed by atoms with Gasteiger partial charge in [-0.05, 0) is 38.2 Å². The largest absolute Gasteiger partial charge is 0.373 e. The monoisotopic (exact) mass is 224 g/mol. The van der Waals surface area contributed by atoms with Crippen LogP contribution in [0.3, 0.4) is 0 Å². The van der Waals surface area contributed by atoms with Crippen LogP contribution in [0, 0.1) is 5.41 Å². The second-order valence-electron chi connectivity index (χ2n) is 5.29. The topological polar surface area (TPSA) is 9.23 Å². The summed E-state index contributed by atoms with van der Waals surface area (Å²) < 4.78 is 5.93. The molecular formula is C15H28O. The fraction of sp³-hybridized carbons (Fsp3) is 0.733. The molecule has 0 aromatic rings. The zero-order valence-corrected chi connectivity index (χ0v) is 12.1. The first kappa shape index (κ1) is 15.4. The van der Waals surface area contributed by atoms with Gasteiger partial charge in [0.25, 0.3) is 0 Å². The Labute approximate surface area is 102 Å². The normalized spacial score (nSPS) is 16.4. The molecular weight excluding hydrogens is 196 g/mol. The average Bonchev–Trinajstić information content (AvgIpc) is 2.20. The molecule has 1 unspecified atom stereocenters. The van der Waals surface area contributed by atoms with Gasteiger partial charge in [0.2, 0.25) is 0 Å². The molecule has 1 heteroatoms. The molecule has 94 valence electrons. The van der Waals surface area contributed by atoms with Gasteiger partial charge in [0.1, 0.15) is 0 Å². The summed E-state index contributed by atoms with van der Waals surface area (Å²) >= 11 is 0. The van der Waals surface area contributed by atoms with Crippen LogP contribution >= 0.6 is 0 Å². The number of hydrogen-bond donors (Lipinski definition) is 0. The van der Waals surface area contributed by atoms with E-state index in [-0.39, 0.29) is 11.5 Å². The van der Waals surface area contributed by atoms with Gasteiger partial charge in [0.15, 0.2) is 0 Å². The Morgan fingerprint density at radius 2 is 1.81 bits per heavy atom. The first-order valence-corrected chi connectivity index (χ1v) is 6.32. The van der Waals surface area contributed by atoms with Crippen molar-refractivity contribution < 1.29 is 4.74 Å². The van der Waals surface area contributed by atoms with E-state index in [2.05, 4.69) is 60.6 Å². The lowest BCUT2D eigenvalue weighted by atomic mass is 9.82. The van der Waals surface area contributed by atoms with Gasteiger partial charge in [-0.3, -0.25) is 0 Å². The van der Waals surface area contributed by atoms with Crippen LogP contribution in [0.25, 0.3) is 0 Å². The lowest BCUT2D eigenvalue weighted by Gasteiger charge is -2.32. The molecule has 0 amide bonds. The average molecular weight is 224 g/mol. The maximum absolute atomic E-state index is 5.93. The molecule has 0 aliphatic rings. The van der Waals surface area contributed by atoms with E-state index in [1.807, 2.05) is 0 Å². The minimum Gasteiger partial charge on any atom is -0.373 e. The van der Waals surface area contributed by atoms with Crippen LogP contribution in [0.4, 0.5) is 0 Å². The molecule has 0 aliphatic heterocycles. The Morgan fingerprint density at radius 1 is 1.25 bits per heavy atom. The summed E-state index contributed by atoms with van der Waals surface area (Å²) in [5.74, 6) is 0. The molecule has 0 heterocycles. The number of allylic oxidation sites excluding steroid dienone is 2. The molecule has 0 saturated carbocycles. The van der Waals surface area contributed by atoms with E-state index in [1.165, 1.54) is 11.1 Å². The highest BCUT2D eigenvalue weighted by atomic mass is 16.5. The highest BCUT2D eigenvalue weighted by Crippen LogP contribution is 2.31. The fourth-order valence-electron chi connectivity index (χ4n) is 1.81. The summed E-state index contributed by atoms with van der Waals surface area (Å²) in [5, 5.41) is 0. The highest BCUT2D eigenvalue weighted by molar-refractivity contribution is 5.30. The van der Waals surface area contributed by atoms with Crippen LogP contribution in [0.1, 0.15) is 54.9 Å². The van der Waals surface area contributed by atoms with E-state index < -0.39 is 0 Å². The smallest absolute Gasteiger partial charge is 0.0872 e. The molecule has 16 heavy (non-hydrogen) atoms. The van der Waals surface area contributed by atoms with Gasteiger partial charge in [0, 0.05) is 6.61 Å². The van der Waals surface area contributed by atoms with Crippen molar-refractivity contribution in [3.05, 3.63) is 23.3 Å². The van der Waals surface area contributed by atoms with Crippen LogP contribution in [0.2, 0.25) is 0 Å².